The summed E-state index contributed by atoms with van der Waals surface area (Å²) in [4.78, 5) is 22.4. The van der Waals surface area contributed by atoms with Crippen LogP contribution in [0.15, 0.2) is 24.3 Å². The van der Waals surface area contributed by atoms with E-state index < -0.39 is 11.9 Å². The van der Waals surface area contributed by atoms with Crippen molar-refractivity contribution in [1.29, 1.82) is 0 Å². The molecule has 0 fully saturated rings. The van der Waals surface area contributed by atoms with Gasteiger partial charge in [0, 0.05) is 6.42 Å². The van der Waals surface area contributed by atoms with Crippen molar-refractivity contribution in [3.8, 4) is 0 Å². The van der Waals surface area contributed by atoms with Gasteiger partial charge in [-0.05, 0) is 25.0 Å². The summed E-state index contributed by atoms with van der Waals surface area (Å²) in [6.45, 7) is 1.80. The molecule has 98 valence electrons. The van der Waals surface area contributed by atoms with Crippen LogP contribution in [0.3, 0.4) is 0 Å². The van der Waals surface area contributed by atoms with Crippen molar-refractivity contribution in [1.82, 2.24) is 0 Å². The Morgan fingerprint density at radius 3 is 2.61 bits per heavy atom. The van der Waals surface area contributed by atoms with Crippen LogP contribution in [-0.2, 0) is 9.59 Å². The molecular weight excluding hydrogens is 254 g/mol. The van der Waals surface area contributed by atoms with Crippen molar-refractivity contribution in [2.24, 2.45) is 5.92 Å². The predicted molar refractivity (Wildman–Crippen MR) is 70.7 cm³/mol. The van der Waals surface area contributed by atoms with Gasteiger partial charge in [-0.3, -0.25) is 9.59 Å². The third-order valence-corrected chi connectivity index (χ3v) is 3.04. The number of anilines is 1. The minimum atomic E-state index is -0.858. The zero-order valence-corrected chi connectivity index (χ0v) is 10.9. The van der Waals surface area contributed by atoms with E-state index in [9.17, 15) is 9.59 Å². The Hall–Kier alpha value is -1.55. The number of carboxylic acid groups (broad SMARTS) is 1. The largest absolute Gasteiger partial charge is 0.481 e. The molecule has 0 saturated carbocycles. The molecule has 4 nitrogen and oxygen atoms in total. The van der Waals surface area contributed by atoms with Crippen LogP contribution in [0.5, 0.6) is 0 Å². The molecule has 1 rings (SSSR count). The summed E-state index contributed by atoms with van der Waals surface area (Å²) in [6, 6.07) is 6.93. The molecule has 1 atom stereocenters. The SMILES string of the molecule is CCC(CCC(=O)Nc1ccccc1Cl)C(=O)O. The van der Waals surface area contributed by atoms with Gasteiger partial charge in [0.2, 0.25) is 5.91 Å². The Labute approximate surface area is 111 Å². The lowest BCUT2D eigenvalue weighted by Crippen LogP contribution is -2.17. The Morgan fingerprint density at radius 2 is 2.06 bits per heavy atom. The highest BCUT2D eigenvalue weighted by Crippen LogP contribution is 2.21. The third-order valence-electron chi connectivity index (χ3n) is 2.71. The van der Waals surface area contributed by atoms with E-state index in [1.807, 2.05) is 0 Å². The average molecular weight is 270 g/mol. The van der Waals surface area contributed by atoms with Crippen LogP contribution in [0.4, 0.5) is 5.69 Å². The number of benzene rings is 1. The summed E-state index contributed by atoms with van der Waals surface area (Å²) >= 11 is 5.90. The molecule has 0 aromatic heterocycles. The van der Waals surface area contributed by atoms with Crippen molar-refractivity contribution >= 4 is 29.2 Å². The third kappa shape index (κ3) is 4.37. The van der Waals surface area contributed by atoms with Gasteiger partial charge in [-0.2, -0.15) is 0 Å². The maximum absolute atomic E-state index is 11.6. The number of amides is 1. The van der Waals surface area contributed by atoms with Crippen LogP contribution < -0.4 is 5.32 Å². The second-order valence-corrected chi connectivity index (χ2v) is 4.42. The fourth-order valence-corrected chi connectivity index (χ4v) is 1.77. The quantitative estimate of drug-likeness (QED) is 0.834. The molecule has 5 heteroatoms. The van der Waals surface area contributed by atoms with Gasteiger partial charge in [-0.25, -0.2) is 0 Å². The minimum absolute atomic E-state index is 0.177. The molecule has 0 aliphatic heterocycles. The highest BCUT2D eigenvalue weighted by Gasteiger charge is 2.16. The second-order valence-electron chi connectivity index (χ2n) is 4.01. The highest BCUT2D eigenvalue weighted by molar-refractivity contribution is 6.33. The van der Waals surface area contributed by atoms with Crippen molar-refractivity contribution in [2.45, 2.75) is 26.2 Å². The smallest absolute Gasteiger partial charge is 0.306 e. The number of hydrogen-bond acceptors (Lipinski definition) is 2. The predicted octanol–water partition coefficient (Wildman–Crippen LogP) is 3.17. The molecule has 0 heterocycles. The lowest BCUT2D eigenvalue weighted by atomic mass is 10.0. The summed E-state index contributed by atoms with van der Waals surface area (Å²) in [5, 5.41) is 12.0. The first-order chi connectivity index (χ1) is 8.54. The monoisotopic (exact) mass is 269 g/mol. The van der Waals surface area contributed by atoms with Gasteiger partial charge >= 0.3 is 5.97 Å². The standard InChI is InChI=1S/C13H16ClNO3/c1-2-9(13(17)18)7-8-12(16)15-11-6-4-3-5-10(11)14/h3-6,9H,2,7-8H2,1H3,(H,15,16)(H,17,18). The van der Waals surface area contributed by atoms with E-state index in [2.05, 4.69) is 5.32 Å². The molecule has 1 unspecified atom stereocenters. The van der Waals surface area contributed by atoms with E-state index >= 15 is 0 Å². The van der Waals surface area contributed by atoms with E-state index in [-0.39, 0.29) is 12.3 Å². The van der Waals surface area contributed by atoms with Crippen molar-refractivity contribution in [3.63, 3.8) is 0 Å². The van der Waals surface area contributed by atoms with E-state index in [4.69, 9.17) is 16.7 Å². The molecule has 0 radical (unpaired) electrons. The molecule has 1 amide bonds. The summed E-state index contributed by atoms with van der Waals surface area (Å²) in [6.07, 6.45) is 1.03. The molecule has 18 heavy (non-hydrogen) atoms. The number of nitrogens with one attached hydrogen (secondary N) is 1. The average Bonchev–Trinajstić information content (AvgIpc) is 2.32. The lowest BCUT2D eigenvalue weighted by molar-refractivity contribution is -0.142. The number of carbonyl (C=O) groups is 2. The second kappa shape index (κ2) is 7.01. The Kier molecular flexibility index (Phi) is 5.65. The van der Waals surface area contributed by atoms with Gasteiger partial charge in [0.1, 0.15) is 0 Å². The fourth-order valence-electron chi connectivity index (χ4n) is 1.58. The Bertz CT molecular complexity index is 434. The molecule has 1 aromatic rings. The molecule has 0 aliphatic rings. The Morgan fingerprint density at radius 1 is 1.39 bits per heavy atom. The van der Waals surface area contributed by atoms with Gasteiger partial charge < -0.3 is 10.4 Å². The van der Waals surface area contributed by atoms with E-state index in [0.717, 1.165) is 0 Å². The van der Waals surface area contributed by atoms with E-state index in [1.165, 1.54) is 0 Å². The van der Waals surface area contributed by atoms with Gasteiger partial charge in [0.25, 0.3) is 0 Å². The van der Waals surface area contributed by atoms with E-state index in [0.29, 0.717) is 23.6 Å². The topological polar surface area (TPSA) is 66.4 Å². The zero-order valence-electron chi connectivity index (χ0n) is 10.1. The van der Waals surface area contributed by atoms with Gasteiger partial charge in [-0.1, -0.05) is 30.7 Å². The number of para-hydroxylation sites is 1. The maximum atomic E-state index is 11.6. The molecule has 0 saturated heterocycles. The van der Waals surface area contributed by atoms with Crippen molar-refractivity contribution in [2.75, 3.05) is 5.32 Å². The van der Waals surface area contributed by atoms with Crippen LogP contribution in [0.1, 0.15) is 26.2 Å². The summed E-state index contributed by atoms with van der Waals surface area (Å²) in [5.41, 5.74) is 0.549. The number of aliphatic carboxylic acids is 1. The maximum Gasteiger partial charge on any atom is 0.306 e. The van der Waals surface area contributed by atoms with Crippen LogP contribution in [0, 0.1) is 5.92 Å². The molecule has 0 aliphatic carbocycles. The van der Waals surface area contributed by atoms with Gasteiger partial charge in [-0.15, -0.1) is 0 Å². The molecule has 0 spiro atoms. The summed E-state index contributed by atoms with van der Waals surface area (Å²) in [5.74, 6) is -1.55. The first-order valence-corrected chi connectivity index (χ1v) is 6.19. The molecular formula is C13H16ClNO3. The van der Waals surface area contributed by atoms with Gasteiger partial charge in [0.05, 0.1) is 16.6 Å². The molecule has 0 bridgehead atoms. The van der Waals surface area contributed by atoms with Crippen LogP contribution >= 0.6 is 11.6 Å². The highest BCUT2D eigenvalue weighted by atomic mass is 35.5. The number of rotatable bonds is 6. The number of hydrogen-bond donors (Lipinski definition) is 2. The first-order valence-electron chi connectivity index (χ1n) is 5.81. The van der Waals surface area contributed by atoms with Crippen LogP contribution in [0.2, 0.25) is 5.02 Å². The van der Waals surface area contributed by atoms with E-state index in [1.54, 1.807) is 31.2 Å². The summed E-state index contributed by atoms with van der Waals surface area (Å²) in [7, 11) is 0. The normalized spacial score (nSPS) is 11.9. The minimum Gasteiger partial charge on any atom is -0.481 e. The number of carbonyl (C=O) groups excluding carboxylic acids is 1. The van der Waals surface area contributed by atoms with Crippen molar-refractivity contribution < 1.29 is 14.7 Å². The Balaban J connectivity index is 2.48. The van der Waals surface area contributed by atoms with Gasteiger partial charge in [0.15, 0.2) is 0 Å². The lowest BCUT2D eigenvalue weighted by Gasteiger charge is -2.10. The summed E-state index contributed by atoms with van der Waals surface area (Å²) < 4.78 is 0. The molecule has 1 aromatic carbocycles. The van der Waals surface area contributed by atoms with Crippen molar-refractivity contribution in [3.05, 3.63) is 29.3 Å². The van der Waals surface area contributed by atoms with Crippen LogP contribution in [-0.4, -0.2) is 17.0 Å². The molecule has 2 N–H and O–H groups in total. The zero-order chi connectivity index (χ0) is 13.5. The number of carboxylic acids is 1. The number of halogens is 1. The first kappa shape index (κ1) is 14.5. The fraction of sp³-hybridized carbons (Fsp3) is 0.385. The van der Waals surface area contributed by atoms with Crippen LogP contribution in [0.25, 0.3) is 0 Å².